The van der Waals surface area contributed by atoms with Crippen molar-refractivity contribution in [1.29, 1.82) is 0 Å². The standard InChI is InChI=1S/C14H24N4/c1-3-17-8-7-12(10-17)9-13-15-14-6-4-5-11(2)18(14)16-13/h11-12H,3-10H2,1-2H3. The van der Waals surface area contributed by atoms with Crippen LogP contribution in [0, 0.1) is 5.92 Å². The van der Waals surface area contributed by atoms with Crippen molar-refractivity contribution in [2.24, 2.45) is 5.92 Å². The fourth-order valence-electron chi connectivity index (χ4n) is 3.32. The predicted molar refractivity (Wildman–Crippen MR) is 71.6 cm³/mol. The van der Waals surface area contributed by atoms with E-state index in [1.54, 1.807) is 0 Å². The normalized spacial score (nSPS) is 28.6. The van der Waals surface area contributed by atoms with Crippen LogP contribution in [0.4, 0.5) is 0 Å². The van der Waals surface area contributed by atoms with Crippen molar-refractivity contribution in [2.45, 2.75) is 52.0 Å². The molecule has 100 valence electrons. The molecule has 4 nitrogen and oxygen atoms in total. The molecule has 1 saturated heterocycles. The van der Waals surface area contributed by atoms with Crippen molar-refractivity contribution >= 4 is 0 Å². The van der Waals surface area contributed by atoms with Crippen LogP contribution in [0.3, 0.4) is 0 Å². The number of hydrogen-bond acceptors (Lipinski definition) is 3. The number of likely N-dealkylation sites (tertiary alicyclic amines) is 1. The van der Waals surface area contributed by atoms with E-state index < -0.39 is 0 Å². The molecular weight excluding hydrogens is 224 g/mol. The van der Waals surface area contributed by atoms with Gasteiger partial charge in [0.05, 0.1) is 6.04 Å². The average Bonchev–Trinajstić information content (AvgIpc) is 2.96. The van der Waals surface area contributed by atoms with E-state index in [0.717, 1.165) is 24.6 Å². The number of aromatic nitrogens is 3. The minimum atomic E-state index is 0.547. The van der Waals surface area contributed by atoms with E-state index in [0.29, 0.717) is 6.04 Å². The second kappa shape index (κ2) is 5.00. The lowest BCUT2D eigenvalue weighted by molar-refractivity contribution is 0.340. The molecular formula is C14H24N4. The molecule has 0 radical (unpaired) electrons. The van der Waals surface area contributed by atoms with E-state index in [1.165, 1.54) is 44.7 Å². The Kier molecular flexibility index (Phi) is 3.37. The highest BCUT2D eigenvalue weighted by Gasteiger charge is 2.25. The van der Waals surface area contributed by atoms with Gasteiger partial charge in [-0.15, -0.1) is 0 Å². The van der Waals surface area contributed by atoms with E-state index in [2.05, 4.69) is 23.4 Å². The largest absolute Gasteiger partial charge is 0.303 e. The van der Waals surface area contributed by atoms with Gasteiger partial charge in [0.2, 0.25) is 0 Å². The zero-order chi connectivity index (χ0) is 12.5. The van der Waals surface area contributed by atoms with Gasteiger partial charge in [-0.3, -0.25) is 0 Å². The van der Waals surface area contributed by atoms with Gasteiger partial charge in [-0.05, 0) is 45.2 Å². The van der Waals surface area contributed by atoms with Crippen molar-refractivity contribution in [3.63, 3.8) is 0 Å². The molecule has 0 aliphatic carbocycles. The summed E-state index contributed by atoms with van der Waals surface area (Å²) in [5.41, 5.74) is 0. The first-order chi connectivity index (χ1) is 8.76. The van der Waals surface area contributed by atoms with Crippen LogP contribution in [0.25, 0.3) is 0 Å². The minimum absolute atomic E-state index is 0.547. The van der Waals surface area contributed by atoms with E-state index in [-0.39, 0.29) is 0 Å². The lowest BCUT2D eigenvalue weighted by Gasteiger charge is -2.18. The number of fused-ring (bicyclic) bond motifs is 1. The molecule has 1 aromatic rings. The van der Waals surface area contributed by atoms with Gasteiger partial charge in [0.1, 0.15) is 5.82 Å². The Morgan fingerprint density at radius 2 is 2.22 bits per heavy atom. The Balaban J connectivity index is 1.67. The minimum Gasteiger partial charge on any atom is -0.303 e. The number of rotatable bonds is 3. The van der Waals surface area contributed by atoms with Crippen LogP contribution in [-0.4, -0.2) is 39.3 Å². The maximum absolute atomic E-state index is 4.75. The van der Waals surface area contributed by atoms with Gasteiger partial charge in [0.25, 0.3) is 0 Å². The molecule has 3 heterocycles. The third-order valence-electron chi connectivity index (χ3n) is 4.47. The highest BCUT2D eigenvalue weighted by molar-refractivity contribution is 4.99. The highest BCUT2D eigenvalue weighted by Crippen LogP contribution is 2.24. The van der Waals surface area contributed by atoms with Crippen LogP contribution in [0.1, 0.15) is 50.8 Å². The van der Waals surface area contributed by atoms with Gasteiger partial charge in [0.15, 0.2) is 5.82 Å². The van der Waals surface area contributed by atoms with Crippen LogP contribution in [0.2, 0.25) is 0 Å². The maximum Gasteiger partial charge on any atom is 0.151 e. The lowest BCUT2D eigenvalue weighted by atomic mass is 10.1. The second-order valence-electron chi connectivity index (χ2n) is 5.88. The lowest BCUT2D eigenvalue weighted by Crippen LogP contribution is -2.20. The Labute approximate surface area is 109 Å². The van der Waals surface area contributed by atoms with Crippen molar-refractivity contribution in [2.75, 3.05) is 19.6 Å². The average molecular weight is 248 g/mol. The molecule has 0 amide bonds. The van der Waals surface area contributed by atoms with Crippen molar-refractivity contribution < 1.29 is 0 Å². The van der Waals surface area contributed by atoms with E-state index >= 15 is 0 Å². The molecule has 0 spiro atoms. The summed E-state index contributed by atoms with van der Waals surface area (Å²) in [5, 5.41) is 4.73. The molecule has 2 atom stereocenters. The van der Waals surface area contributed by atoms with E-state index in [1.807, 2.05) is 0 Å². The molecule has 2 aliphatic rings. The molecule has 2 aliphatic heterocycles. The topological polar surface area (TPSA) is 34.0 Å². The van der Waals surface area contributed by atoms with Gasteiger partial charge in [-0.2, -0.15) is 5.10 Å². The fourth-order valence-corrected chi connectivity index (χ4v) is 3.32. The zero-order valence-corrected chi connectivity index (χ0v) is 11.6. The molecule has 0 saturated carbocycles. The van der Waals surface area contributed by atoms with E-state index in [9.17, 15) is 0 Å². The van der Waals surface area contributed by atoms with Crippen molar-refractivity contribution in [3.8, 4) is 0 Å². The van der Waals surface area contributed by atoms with Crippen LogP contribution < -0.4 is 0 Å². The van der Waals surface area contributed by atoms with Gasteiger partial charge in [0, 0.05) is 19.4 Å². The molecule has 1 aromatic heterocycles. The zero-order valence-electron chi connectivity index (χ0n) is 11.6. The first kappa shape index (κ1) is 12.2. The third kappa shape index (κ3) is 2.30. The van der Waals surface area contributed by atoms with Crippen LogP contribution in [-0.2, 0) is 12.8 Å². The summed E-state index contributed by atoms with van der Waals surface area (Å²) >= 11 is 0. The predicted octanol–water partition coefficient (Wildman–Crippen LogP) is 2.06. The quantitative estimate of drug-likeness (QED) is 0.821. The summed E-state index contributed by atoms with van der Waals surface area (Å²) in [4.78, 5) is 7.28. The summed E-state index contributed by atoms with van der Waals surface area (Å²) < 4.78 is 2.17. The number of nitrogens with zero attached hydrogens (tertiary/aromatic N) is 4. The van der Waals surface area contributed by atoms with E-state index in [4.69, 9.17) is 10.1 Å². The summed E-state index contributed by atoms with van der Waals surface area (Å²) in [6.07, 6.45) is 6.02. The molecule has 3 rings (SSSR count). The van der Waals surface area contributed by atoms with Gasteiger partial charge < -0.3 is 4.90 Å². The summed E-state index contributed by atoms with van der Waals surface area (Å²) in [6, 6.07) is 0.547. The van der Waals surface area contributed by atoms with Crippen LogP contribution in [0.15, 0.2) is 0 Å². The van der Waals surface area contributed by atoms with Crippen molar-refractivity contribution in [3.05, 3.63) is 11.6 Å². The Bertz CT molecular complexity index is 412. The Hall–Kier alpha value is -0.900. The fraction of sp³-hybridized carbons (Fsp3) is 0.857. The molecule has 0 aromatic carbocycles. The summed E-state index contributed by atoms with van der Waals surface area (Å²) in [6.45, 7) is 8.18. The van der Waals surface area contributed by atoms with Gasteiger partial charge in [-0.1, -0.05) is 6.92 Å². The van der Waals surface area contributed by atoms with Gasteiger partial charge >= 0.3 is 0 Å². The molecule has 0 bridgehead atoms. The summed E-state index contributed by atoms with van der Waals surface area (Å²) in [7, 11) is 0. The molecule has 1 fully saturated rings. The van der Waals surface area contributed by atoms with Crippen molar-refractivity contribution in [1.82, 2.24) is 19.7 Å². The third-order valence-corrected chi connectivity index (χ3v) is 4.47. The first-order valence-electron chi connectivity index (χ1n) is 7.43. The maximum atomic E-state index is 4.75. The molecule has 18 heavy (non-hydrogen) atoms. The highest BCUT2D eigenvalue weighted by atomic mass is 15.4. The molecule has 0 N–H and O–H groups in total. The SMILES string of the molecule is CCN1CCC(Cc2nc3n(n2)C(C)CCC3)C1. The van der Waals surface area contributed by atoms with Gasteiger partial charge in [-0.25, -0.2) is 9.67 Å². The Morgan fingerprint density at radius 3 is 2.94 bits per heavy atom. The summed E-state index contributed by atoms with van der Waals surface area (Å²) in [5.74, 6) is 3.07. The van der Waals surface area contributed by atoms with Crippen LogP contribution >= 0.6 is 0 Å². The second-order valence-corrected chi connectivity index (χ2v) is 5.88. The number of aryl methyl sites for hydroxylation is 1. The molecule has 4 heteroatoms. The number of hydrogen-bond donors (Lipinski definition) is 0. The van der Waals surface area contributed by atoms with Crippen LogP contribution in [0.5, 0.6) is 0 Å². The monoisotopic (exact) mass is 248 g/mol. The smallest absolute Gasteiger partial charge is 0.151 e. The first-order valence-corrected chi connectivity index (χ1v) is 7.43. The Morgan fingerprint density at radius 1 is 1.33 bits per heavy atom. The molecule has 2 unspecified atom stereocenters.